The quantitative estimate of drug-likeness (QED) is 0.375. The smallest absolute Gasteiger partial charge is 0.292 e. The van der Waals surface area contributed by atoms with Crippen molar-refractivity contribution in [2.24, 2.45) is 5.73 Å². The van der Waals surface area contributed by atoms with Crippen molar-refractivity contribution in [2.45, 2.75) is 19.8 Å². The molecule has 0 fully saturated rings. The normalized spacial score (nSPS) is 9.95. The maximum absolute atomic E-state index is 11.7. The summed E-state index contributed by atoms with van der Waals surface area (Å²) in [6.07, 6.45) is 0.648. The van der Waals surface area contributed by atoms with Crippen molar-refractivity contribution in [3.05, 3.63) is 33.9 Å². The first-order chi connectivity index (χ1) is 9.95. The minimum absolute atomic E-state index is 0.123. The van der Waals surface area contributed by atoms with Gasteiger partial charge in [-0.2, -0.15) is 0 Å². The summed E-state index contributed by atoms with van der Waals surface area (Å²) >= 11 is 0. The summed E-state index contributed by atoms with van der Waals surface area (Å²) in [5, 5.41) is 16.4. The summed E-state index contributed by atoms with van der Waals surface area (Å²) in [5.41, 5.74) is 5.47. The van der Waals surface area contributed by atoms with Gasteiger partial charge in [0, 0.05) is 31.1 Å². The van der Waals surface area contributed by atoms with Crippen LogP contribution in [0.3, 0.4) is 0 Å². The molecule has 21 heavy (non-hydrogen) atoms. The van der Waals surface area contributed by atoms with Crippen LogP contribution in [0.1, 0.15) is 30.1 Å². The van der Waals surface area contributed by atoms with E-state index in [9.17, 15) is 19.7 Å². The highest BCUT2D eigenvalue weighted by molar-refractivity contribution is 5.95. The Morgan fingerprint density at radius 2 is 2.10 bits per heavy atom. The molecule has 114 valence electrons. The number of anilines is 1. The minimum Gasteiger partial charge on any atom is -0.379 e. The molecule has 1 aromatic rings. The summed E-state index contributed by atoms with van der Waals surface area (Å²) in [6.45, 7) is 2.60. The number of amides is 2. The lowest BCUT2D eigenvalue weighted by Crippen LogP contribution is -2.22. The van der Waals surface area contributed by atoms with Crippen LogP contribution in [0.15, 0.2) is 18.2 Å². The Hall–Kier alpha value is -2.64. The van der Waals surface area contributed by atoms with Crippen molar-refractivity contribution in [1.29, 1.82) is 0 Å². The van der Waals surface area contributed by atoms with Crippen LogP contribution in [0.25, 0.3) is 0 Å². The van der Waals surface area contributed by atoms with Crippen LogP contribution in [0.5, 0.6) is 0 Å². The van der Waals surface area contributed by atoms with E-state index in [1.165, 1.54) is 18.2 Å². The molecule has 0 unspecified atom stereocenters. The van der Waals surface area contributed by atoms with Crippen LogP contribution in [-0.4, -0.2) is 29.8 Å². The van der Waals surface area contributed by atoms with Crippen LogP contribution >= 0.6 is 0 Å². The number of nitro groups is 1. The van der Waals surface area contributed by atoms with E-state index < -0.39 is 10.8 Å². The van der Waals surface area contributed by atoms with Crippen molar-refractivity contribution in [3.8, 4) is 0 Å². The second-order valence-corrected chi connectivity index (χ2v) is 4.35. The molecule has 0 atom stereocenters. The van der Waals surface area contributed by atoms with Crippen LogP contribution in [0.4, 0.5) is 11.4 Å². The van der Waals surface area contributed by atoms with E-state index in [4.69, 9.17) is 5.73 Å². The molecular weight excluding hydrogens is 276 g/mol. The molecule has 0 radical (unpaired) electrons. The highest BCUT2D eigenvalue weighted by Gasteiger charge is 2.16. The van der Waals surface area contributed by atoms with Crippen LogP contribution in [-0.2, 0) is 4.79 Å². The largest absolute Gasteiger partial charge is 0.379 e. The molecule has 0 aliphatic heterocycles. The minimum atomic E-state index is -0.530. The van der Waals surface area contributed by atoms with Crippen molar-refractivity contribution >= 4 is 23.2 Å². The number of carbonyl (C=O) groups is 2. The fourth-order valence-electron chi connectivity index (χ4n) is 1.73. The Labute approximate surface area is 121 Å². The van der Waals surface area contributed by atoms with E-state index in [0.29, 0.717) is 25.1 Å². The second kappa shape index (κ2) is 7.83. The number of hydrogen-bond acceptors (Lipinski definition) is 5. The third-order valence-corrected chi connectivity index (χ3v) is 2.71. The third kappa shape index (κ3) is 5.09. The van der Waals surface area contributed by atoms with Gasteiger partial charge in [0.1, 0.15) is 5.69 Å². The Kier molecular flexibility index (Phi) is 6.12. The molecule has 0 bridgehead atoms. The molecule has 0 saturated carbocycles. The molecule has 0 spiro atoms. The number of nitrogens with one attached hydrogen (secondary N) is 2. The van der Waals surface area contributed by atoms with E-state index in [0.717, 1.165) is 0 Å². The van der Waals surface area contributed by atoms with E-state index in [1.807, 2.05) is 0 Å². The monoisotopic (exact) mass is 294 g/mol. The van der Waals surface area contributed by atoms with Crippen LogP contribution < -0.4 is 16.4 Å². The Morgan fingerprint density at radius 3 is 2.67 bits per heavy atom. The first-order valence-electron chi connectivity index (χ1n) is 6.54. The molecule has 1 rings (SSSR count). The van der Waals surface area contributed by atoms with E-state index >= 15 is 0 Å². The fraction of sp³-hybridized carbons (Fsp3) is 0.385. The Morgan fingerprint density at radius 1 is 1.38 bits per heavy atom. The summed E-state index contributed by atoms with van der Waals surface area (Å²) in [6, 6.07) is 4.10. The van der Waals surface area contributed by atoms with Crippen molar-refractivity contribution in [3.63, 3.8) is 0 Å². The number of nitrogens with two attached hydrogens (primary N) is 1. The third-order valence-electron chi connectivity index (χ3n) is 2.71. The lowest BCUT2D eigenvalue weighted by molar-refractivity contribution is -0.384. The number of nitrogens with zero attached hydrogens (tertiary/aromatic N) is 1. The van der Waals surface area contributed by atoms with Crippen molar-refractivity contribution < 1.29 is 14.5 Å². The number of benzene rings is 1. The van der Waals surface area contributed by atoms with E-state index in [2.05, 4.69) is 10.6 Å². The molecular formula is C13H18N4O4. The molecule has 0 heterocycles. The van der Waals surface area contributed by atoms with Gasteiger partial charge >= 0.3 is 0 Å². The maximum atomic E-state index is 11.7. The molecule has 4 N–H and O–H groups in total. The number of hydrogen-bond donors (Lipinski definition) is 3. The molecule has 2 amide bonds. The number of primary amides is 1. The van der Waals surface area contributed by atoms with Crippen molar-refractivity contribution in [1.82, 2.24) is 5.32 Å². The standard InChI is InChI=1S/C13H18N4O4/c1-2-15-13(19)9-5-6-11(17(20)21)10(8-9)16-7-3-4-12(14)18/h5-6,8,16H,2-4,7H2,1H3,(H2,14,18)(H,15,19). The zero-order chi connectivity index (χ0) is 15.8. The topological polar surface area (TPSA) is 127 Å². The van der Waals surface area contributed by atoms with Gasteiger partial charge in [-0.05, 0) is 25.5 Å². The van der Waals surface area contributed by atoms with Gasteiger partial charge < -0.3 is 16.4 Å². The first kappa shape index (κ1) is 16.4. The molecule has 8 nitrogen and oxygen atoms in total. The number of nitro benzene ring substituents is 1. The summed E-state index contributed by atoms with van der Waals surface area (Å²) in [7, 11) is 0. The predicted octanol–water partition coefficient (Wildman–Crippen LogP) is 1.02. The number of rotatable bonds is 8. The lowest BCUT2D eigenvalue weighted by Gasteiger charge is -2.09. The first-order valence-corrected chi connectivity index (χ1v) is 6.54. The van der Waals surface area contributed by atoms with Gasteiger partial charge in [-0.25, -0.2) is 0 Å². The fourth-order valence-corrected chi connectivity index (χ4v) is 1.73. The zero-order valence-electron chi connectivity index (χ0n) is 11.7. The van der Waals surface area contributed by atoms with Gasteiger partial charge in [0.15, 0.2) is 0 Å². The molecule has 8 heteroatoms. The lowest BCUT2D eigenvalue weighted by atomic mass is 10.1. The molecule has 1 aromatic carbocycles. The van der Waals surface area contributed by atoms with E-state index in [-0.39, 0.29) is 23.7 Å². The Bertz CT molecular complexity index is 545. The molecule has 0 aliphatic rings. The maximum Gasteiger partial charge on any atom is 0.292 e. The number of carbonyl (C=O) groups excluding carboxylic acids is 2. The van der Waals surface area contributed by atoms with Gasteiger partial charge in [0.25, 0.3) is 11.6 Å². The SMILES string of the molecule is CCNC(=O)c1ccc([N+](=O)[O-])c(NCCCC(N)=O)c1. The second-order valence-electron chi connectivity index (χ2n) is 4.35. The van der Waals surface area contributed by atoms with Gasteiger partial charge in [-0.15, -0.1) is 0 Å². The zero-order valence-corrected chi connectivity index (χ0v) is 11.7. The predicted molar refractivity (Wildman–Crippen MR) is 78.0 cm³/mol. The average molecular weight is 294 g/mol. The van der Waals surface area contributed by atoms with Gasteiger partial charge in [0.05, 0.1) is 4.92 Å². The summed E-state index contributed by atoms with van der Waals surface area (Å²) in [5.74, 6) is -0.727. The van der Waals surface area contributed by atoms with Crippen LogP contribution in [0.2, 0.25) is 0 Å². The molecule has 0 aromatic heterocycles. The molecule has 0 aliphatic carbocycles. The highest BCUT2D eigenvalue weighted by atomic mass is 16.6. The van der Waals surface area contributed by atoms with Crippen LogP contribution in [0, 0.1) is 10.1 Å². The highest BCUT2D eigenvalue weighted by Crippen LogP contribution is 2.25. The Balaban J connectivity index is 2.86. The summed E-state index contributed by atoms with van der Waals surface area (Å²) < 4.78 is 0. The molecule has 0 saturated heterocycles. The average Bonchev–Trinajstić information content (AvgIpc) is 2.43. The summed E-state index contributed by atoms with van der Waals surface area (Å²) in [4.78, 5) is 32.8. The van der Waals surface area contributed by atoms with E-state index in [1.54, 1.807) is 6.92 Å². The van der Waals surface area contributed by atoms with Gasteiger partial charge in [0.2, 0.25) is 5.91 Å². The van der Waals surface area contributed by atoms with Gasteiger partial charge in [-0.3, -0.25) is 19.7 Å². The van der Waals surface area contributed by atoms with Gasteiger partial charge in [-0.1, -0.05) is 0 Å². The van der Waals surface area contributed by atoms with Crippen molar-refractivity contribution in [2.75, 3.05) is 18.4 Å².